The first-order chi connectivity index (χ1) is 7.77. The monoisotopic (exact) mass is 232 g/mol. The fourth-order valence-corrected chi connectivity index (χ4v) is 2.74. The molecular formula is C12H12N2OS. The Hall–Kier alpha value is -1.73. The van der Waals surface area contributed by atoms with Crippen molar-refractivity contribution in [1.29, 1.82) is 5.26 Å². The van der Waals surface area contributed by atoms with Crippen molar-refractivity contribution in [3.63, 3.8) is 0 Å². The van der Waals surface area contributed by atoms with Gasteiger partial charge in [-0.2, -0.15) is 5.26 Å². The molecule has 3 nitrogen and oxygen atoms in total. The summed E-state index contributed by atoms with van der Waals surface area (Å²) in [5.41, 5.74) is 8.67. The van der Waals surface area contributed by atoms with Crippen LogP contribution in [0.3, 0.4) is 0 Å². The minimum Gasteiger partial charge on any atom is -0.472 e. The first-order valence-corrected chi connectivity index (χ1v) is 5.93. The molecule has 0 aliphatic carbocycles. The van der Waals surface area contributed by atoms with Gasteiger partial charge < -0.3 is 10.2 Å². The van der Waals surface area contributed by atoms with E-state index in [0.29, 0.717) is 10.6 Å². The maximum Gasteiger partial charge on any atom is 0.128 e. The molecule has 2 aromatic rings. The van der Waals surface area contributed by atoms with Gasteiger partial charge in [0, 0.05) is 10.4 Å². The standard InChI is InChI=1S/C12H12N2OS/c1-2-3-9-11(14)10(6-13)16-12(9)8-4-5-15-7-8/h4-5,7H,2-3,14H2,1H3. The van der Waals surface area contributed by atoms with Gasteiger partial charge in [0.05, 0.1) is 18.2 Å². The van der Waals surface area contributed by atoms with Crippen molar-refractivity contribution in [3.05, 3.63) is 29.0 Å². The quantitative estimate of drug-likeness (QED) is 0.881. The van der Waals surface area contributed by atoms with Gasteiger partial charge in [0.25, 0.3) is 0 Å². The van der Waals surface area contributed by atoms with Crippen LogP contribution in [0, 0.1) is 11.3 Å². The zero-order valence-electron chi connectivity index (χ0n) is 8.99. The molecule has 0 unspecified atom stereocenters. The Balaban J connectivity index is 2.56. The lowest BCUT2D eigenvalue weighted by molar-refractivity contribution is 0.568. The topological polar surface area (TPSA) is 63.0 Å². The molecule has 0 saturated heterocycles. The Morgan fingerprint density at radius 3 is 2.94 bits per heavy atom. The van der Waals surface area contributed by atoms with Crippen LogP contribution in [0.1, 0.15) is 23.8 Å². The third-order valence-corrected chi connectivity index (χ3v) is 3.63. The number of thiophene rings is 1. The molecule has 0 amide bonds. The highest BCUT2D eigenvalue weighted by molar-refractivity contribution is 7.16. The van der Waals surface area contributed by atoms with E-state index >= 15 is 0 Å². The number of nitrogen functional groups attached to an aromatic ring is 1. The van der Waals surface area contributed by atoms with Crippen LogP contribution in [0.5, 0.6) is 0 Å². The molecule has 0 aliphatic heterocycles. The molecule has 2 rings (SSSR count). The molecule has 2 heterocycles. The van der Waals surface area contributed by atoms with Gasteiger partial charge in [-0.1, -0.05) is 13.3 Å². The highest BCUT2D eigenvalue weighted by atomic mass is 32.1. The second-order valence-corrected chi connectivity index (χ2v) is 4.55. The van der Waals surface area contributed by atoms with Crippen molar-refractivity contribution in [2.24, 2.45) is 0 Å². The number of hydrogen-bond donors (Lipinski definition) is 1. The summed E-state index contributed by atoms with van der Waals surface area (Å²) in [4.78, 5) is 1.66. The molecule has 0 spiro atoms. The average Bonchev–Trinajstić information content (AvgIpc) is 2.89. The second kappa shape index (κ2) is 4.42. The van der Waals surface area contributed by atoms with E-state index in [1.807, 2.05) is 6.07 Å². The van der Waals surface area contributed by atoms with E-state index in [9.17, 15) is 0 Å². The Morgan fingerprint density at radius 2 is 2.38 bits per heavy atom. The van der Waals surface area contributed by atoms with Crippen molar-refractivity contribution >= 4 is 17.0 Å². The molecule has 0 atom stereocenters. The zero-order chi connectivity index (χ0) is 11.5. The minimum atomic E-state index is 0.597. The molecule has 0 bridgehead atoms. The molecule has 4 heteroatoms. The van der Waals surface area contributed by atoms with Gasteiger partial charge in [-0.15, -0.1) is 11.3 Å². The number of rotatable bonds is 3. The Morgan fingerprint density at radius 1 is 1.56 bits per heavy atom. The van der Waals surface area contributed by atoms with Crippen LogP contribution in [0.4, 0.5) is 5.69 Å². The normalized spacial score (nSPS) is 10.2. The lowest BCUT2D eigenvalue weighted by Gasteiger charge is -2.00. The summed E-state index contributed by atoms with van der Waals surface area (Å²) in [6, 6.07) is 4.03. The number of furan rings is 1. The summed E-state index contributed by atoms with van der Waals surface area (Å²) in [5.74, 6) is 0. The first-order valence-electron chi connectivity index (χ1n) is 5.11. The van der Waals surface area contributed by atoms with E-state index in [1.165, 1.54) is 11.3 Å². The highest BCUT2D eigenvalue weighted by Crippen LogP contribution is 2.39. The average molecular weight is 232 g/mol. The smallest absolute Gasteiger partial charge is 0.128 e. The van der Waals surface area contributed by atoms with Crippen LogP contribution in [0.25, 0.3) is 10.4 Å². The lowest BCUT2D eigenvalue weighted by atomic mass is 10.1. The van der Waals surface area contributed by atoms with Gasteiger partial charge in [-0.05, 0) is 18.1 Å². The largest absolute Gasteiger partial charge is 0.472 e. The van der Waals surface area contributed by atoms with Gasteiger partial charge >= 0.3 is 0 Å². The maximum absolute atomic E-state index is 8.98. The van der Waals surface area contributed by atoms with Crippen LogP contribution in [-0.4, -0.2) is 0 Å². The summed E-state index contributed by atoms with van der Waals surface area (Å²) in [6.45, 7) is 2.10. The zero-order valence-corrected chi connectivity index (χ0v) is 9.80. The van der Waals surface area contributed by atoms with Crippen LogP contribution < -0.4 is 5.73 Å². The SMILES string of the molecule is CCCc1c(-c2ccoc2)sc(C#N)c1N. The van der Waals surface area contributed by atoms with Gasteiger partial charge in [0.1, 0.15) is 10.9 Å². The fourth-order valence-electron chi connectivity index (χ4n) is 1.69. The van der Waals surface area contributed by atoms with Crippen molar-refractivity contribution in [1.82, 2.24) is 0 Å². The maximum atomic E-state index is 8.98. The third kappa shape index (κ3) is 1.70. The van der Waals surface area contributed by atoms with Gasteiger partial charge in [-0.25, -0.2) is 0 Å². The van der Waals surface area contributed by atoms with Crippen molar-refractivity contribution in [3.8, 4) is 16.5 Å². The highest BCUT2D eigenvalue weighted by Gasteiger charge is 2.16. The van der Waals surface area contributed by atoms with E-state index < -0.39 is 0 Å². The molecule has 2 N–H and O–H groups in total. The van der Waals surface area contributed by atoms with Crippen LogP contribution in [0.15, 0.2) is 23.0 Å². The van der Waals surface area contributed by atoms with Crippen molar-refractivity contribution < 1.29 is 4.42 Å². The molecule has 16 heavy (non-hydrogen) atoms. The van der Waals surface area contributed by atoms with Crippen LogP contribution in [-0.2, 0) is 6.42 Å². The van der Waals surface area contributed by atoms with E-state index in [4.69, 9.17) is 15.4 Å². The van der Waals surface area contributed by atoms with Gasteiger partial charge in [-0.3, -0.25) is 0 Å². The van der Waals surface area contributed by atoms with Crippen molar-refractivity contribution in [2.45, 2.75) is 19.8 Å². The third-order valence-electron chi connectivity index (χ3n) is 2.43. The molecule has 0 fully saturated rings. The van der Waals surface area contributed by atoms with E-state index in [1.54, 1.807) is 12.5 Å². The molecule has 0 aromatic carbocycles. The summed E-state index contributed by atoms with van der Waals surface area (Å²) in [5, 5.41) is 8.98. The number of nitriles is 1. The molecule has 0 saturated carbocycles. The van der Waals surface area contributed by atoms with E-state index in [2.05, 4.69) is 13.0 Å². The summed E-state index contributed by atoms with van der Waals surface area (Å²) >= 11 is 1.44. The summed E-state index contributed by atoms with van der Waals surface area (Å²) < 4.78 is 5.07. The summed E-state index contributed by atoms with van der Waals surface area (Å²) in [7, 11) is 0. The lowest BCUT2D eigenvalue weighted by Crippen LogP contribution is -1.92. The number of nitrogens with zero attached hydrogens (tertiary/aromatic N) is 1. The first kappa shape index (κ1) is 10.8. The molecule has 2 aromatic heterocycles. The molecular weight excluding hydrogens is 220 g/mol. The second-order valence-electron chi connectivity index (χ2n) is 3.53. The van der Waals surface area contributed by atoms with Crippen molar-refractivity contribution in [2.75, 3.05) is 5.73 Å². The molecule has 0 radical (unpaired) electrons. The number of nitrogens with two attached hydrogens (primary N) is 1. The Bertz CT molecular complexity index is 520. The van der Waals surface area contributed by atoms with E-state index in [0.717, 1.165) is 28.8 Å². The fraction of sp³-hybridized carbons (Fsp3) is 0.250. The summed E-state index contributed by atoms with van der Waals surface area (Å²) in [6.07, 6.45) is 5.22. The number of hydrogen-bond acceptors (Lipinski definition) is 4. The Labute approximate surface area is 98.1 Å². The van der Waals surface area contributed by atoms with Gasteiger partial charge in [0.15, 0.2) is 0 Å². The van der Waals surface area contributed by atoms with Crippen LogP contribution >= 0.6 is 11.3 Å². The van der Waals surface area contributed by atoms with Crippen LogP contribution in [0.2, 0.25) is 0 Å². The predicted molar refractivity (Wildman–Crippen MR) is 65.1 cm³/mol. The van der Waals surface area contributed by atoms with Gasteiger partial charge in [0.2, 0.25) is 0 Å². The number of anilines is 1. The Kier molecular flexibility index (Phi) is 2.97. The minimum absolute atomic E-state index is 0.597. The predicted octanol–water partition coefficient (Wildman–Crippen LogP) is 3.41. The molecule has 0 aliphatic rings. The van der Waals surface area contributed by atoms with E-state index in [-0.39, 0.29) is 0 Å². The molecule has 82 valence electrons.